The van der Waals surface area contributed by atoms with Crippen LogP contribution in [0.25, 0.3) is 0 Å². The molecule has 1 atom stereocenters. The highest BCUT2D eigenvalue weighted by molar-refractivity contribution is 5.71. The number of esters is 3. The van der Waals surface area contributed by atoms with Crippen LogP contribution in [0.15, 0.2) is 158 Å². The van der Waals surface area contributed by atoms with Crippen LogP contribution < -0.4 is 0 Å². The van der Waals surface area contributed by atoms with Crippen LogP contribution in [0.5, 0.6) is 0 Å². The maximum Gasteiger partial charge on any atom is 0.306 e. The van der Waals surface area contributed by atoms with Gasteiger partial charge in [0.1, 0.15) is 13.2 Å². The van der Waals surface area contributed by atoms with E-state index in [2.05, 4.69) is 179 Å². The smallest absolute Gasteiger partial charge is 0.306 e. The fourth-order valence-corrected chi connectivity index (χ4v) is 8.98. The largest absolute Gasteiger partial charge is 0.462 e. The van der Waals surface area contributed by atoms with Gasteiger partial charge in [0.15, 0.2) is 6.10 Å². The first-order valence-corrected chi connectivity index (χ1v) is 34.0. The zero-order valence-electron chi connectivity index (χ0n) is 53.7. The fraction of sp³-hybridized carbons (Fsp3) is 0.623. The summed E-state index contributed by atoms with van der Waals surface area (Å²) in [6.07, 6.45) is 101. The highest BCUT2D eigenvalue weighted by atomic mass is 16.6. The Balaban J connectivity index is 4.50. The molecule has 6 nitrogen and oxygen atoms in total. The van der Waals surface area contributed by atoms with Crippen molar-refractivity contribution in [3.8, 4) is 0 Å². The van der Waals surface area contributed by atoms with Crippen molar-refractivity contribution in [3.05, 3.63) is 158 Å². The Morgan fingerprint density at radius 2 is 0.482 bits per heavy atom. The maximum absolute atomic E-state index is 12.9. The van der Waals surface area contributed by atoms with Crippen molar-refractivity contribution in [2.45, 2.75) is 297 Å². The fourth-order valence-electron chi connectivity index (χ4n) is 8.98. The first kappa shape index (κ1) is 78.0. The average molecular weight is 1150 g/mol. The summed E-state index contributed by atoms with van der Waals surface area (Å²) in [6, 6.07) is 0. The maximum atomic E-state index is 12.9. The van der Waals surface area contributed by atoms with E-state index in [4.69, 9.17) is 14.2 Å². The highest BCUT2D eigenvalue weighted by Crippen LogP contribution is 2.15. The molecule has 0 aromatic rings. The number of hydrogen-bond donors (Lipinski definition) is 0. The summed E-state index contributed by atoms with van der Waals surface area (Å²) in [7, 11) is 0. The zero-order chi connectivity index (χ0) is 59.9. The molecule has 468 valence electrons. The normalized spacial score (nSPS) is 13.1. The third-order valence-corrected chi connectivity index (χ3v) is 14.0. The van der Waals surface area contributed by atoms with Crippen molar-refractivity contribution >= 4 is 17.9 Å². The summed E-state index contributed by atoms with van der Waals surface area (Å²) in [4.78, 5) is 38.4. The number of unbranched alkanes of at least 4 members (excludes halogenated alkanes) is 23. The van der Waals surface area contributed by atoms with E-state index in [1.807, 2.05) is 0 Å². The predicted molar refractivity (Wildman–Crippen MR) is 362 cm³/mol. The Hall–Kier alpha value is -4.97. The van der Waals surface area contributed by atoms with Gasteiger partial charge < -0.3 is 14.2 Å². The number of carbonyl (C=O) groups is 3. The van der Waals surface area contributed by atoms with E-state index in [1.165, 1.54) is 109 Å². The van der Waals surface area contributed by atoms with Gasteiger partial charge in [-0.05, 0) is 141 Å². The number of allylic oxidation sites excluding steroid dienone is 26. The minimum absolute atomic E-state index is 0.115. The first-order valence-electron chi connectivity index (χ1n) is 34.0. The molecule has 0 aliphatic rings. The molecule has 0 aliphatic heterocycles. The second-order valence-corrected chi connectivity index (χ2v) is 22.0. The average Bonchev–Trinajstić information content (AvgIpc) is 3.49. The van der Waals surface area contributed by atoms with Gasteiger partial charge >= 0.3 is 17.9 Å². The van der Waals surface area contributed by atoms with E-state index in [0.29, 0.717) is 19.3 Å². The summed E-state index contributed by atoms with van der Waals surface area (Å²) in [6.45, 7) is 6.35. The van der Waals surface area contributed by atoms with E-state index in [9.17, 15) is 14.4 Å². The third kappa shape index (κ3) is 67.7. The van der Waals surface area contributed by atoms with E-state index >= 15 is 0 Å². The summed E-state index contributed by atoms with van der Waals surface area (Å²) >= 11 is 0. The summed E-state index contributed by atoms with van der Waals surface area (Å²) in [5.41, 5.74) is 0. The number of ether oxygens (including phenoxy) is 3. The van der Waals surface area contributed by atoms with Crippen molar-refractivity contribution in [3.63, 3.8) is 0 Å². The van der Waals surface area contributed by atoms with Crippen molar-refractivity contribution < 1.29 is 28.6 Å². The van der Waals surface area contributed by atoms with Gasteiger partial charge in [-0.1, -0.05) is 288 Å². The van der Waals surface area contributed by atoms with Crippen LogP contribution in [0.3, 0.4) is 0 Å². The molecule has 83 heavy (non-hydrogen) atoms. The number of rotatable bonds is 60. The van der Waals surface area contributed by atoms with Gasteiger partial charge in [-0.25, -0.2) is 0 Å². The highest BCUT2D eigenvalue weighted by Gasteiger charge is 2.19. The third-order valence-electron chi connectivity index (χ3n) is 14.0. The molecule has 0 amide bonds. The van der Waals surface area contributed by atoms with Gasteiger partial charge in [-0.3, -0.25) is 14.4 Å². The lowest BCUT2D eigenvalue weighted by Crippen LogP contribution is -2.30. The monoisotopic (exact) mass is 1140 g/mol. The summed E-state index contributed by atoms with van der Waals surface area (Å²) in [5, 5.41) is 0. The SMILES string of the molecule is CC/C=C\C/C=C\C/C=C\C/C=C\C/C=C\C/C=C\C/C=C\CCCC(=O)OC(COC(=O)CCCCCC/C=C\C/C=C\C/C=C\C/C=C\CC)COC(=O)CCCCCCCCCCCCCCC/C=C\C/C=C\CCCCCCC. The Kier molecular flexibility index (Phi) is 65.4. The molecule has 0 N–H and O–H groups in total. The van der Waals surface area contributed by atoms with Gasteiger partial charge in [0, 0.05) is 19.3 Å². The summed E-state index contributed by atoms with van der Waals surface area (Å²) < 4.78 is 16.9. The molecule has 0 aromatic heterocycles. The topological polar surface area (TPSA) is 78.9 Å². The van der Waals surface area contributed by atoms with Crippen LogP contribution in [0, 0.1) is 0 Å². The molecule has 0 spiro atoms. The predicted octanol–water partition coefficient (Wildman–Crippen LogP) is 23.7. The zero-order valence-corrected chi connectivity index (χ0v) is 53.7. The lowest BCUT2D eigenvalue weighted by Gasteiger charge is -2.18. The van der Waals surface area contributed by atoms with E-state index < -0.39 is 6.10 Å². The van der Waals surface area contributed by atoms with E-state index in [1.54, 1.807) is 0 Å². The van der Waals surface area contributed by atoms with Crippen LogP contribution in [0.4, 0.5) is 0 Å². The summed E-state index contributed by atoms with van der Waals surface area (Å²) in [5.74, 6) is -1.000. The quantitative estimate of drug-likeness (QED) is 0.0261. The minimum atomic E-state index is -0.829. The standard InChI is InChI=1S/C77H124O6/c1-4-7-10-13-16-19-22-25-28-31-33-35-37-38-40-41-43-46-49-52-55-58-61-64-67-70-76(79)82-73-74(72-81-75(78)69-66-63-60-57-54-51-48-45-30-27-24-21-18-15-12-9-6-3)83-77(80)71-68-65-62-59-56-53-50-47-44-42-39-36-34-32-29-26-23-20-17-14-11-8-5-2/h8-9,11-12,17-18,20-22,25-27,29-31,33-34,36,42,44,48,50-51,53,59,62,74H,4-7,10,13-16,19,23-24,28,32,35,37-41,43,45-47,49,52,54-58,60-61,63-73H2,1-3H3/b11-8-,12-9-,20-17-,21-18-,25-22-,29-26-,30-27-,33-31-,36-34-,44-42-,51-48-,53-50-,62-59-. The lowest BCUT2D eigenvalue weighted by molar-refractivity contribution is -0.167. The molecule has 0 bridgehead atoms. The Labute approximate surface area is 511 Å². The van der Waals surface area contributed by atoms with Crippen LogP contribution in [-0.4, -0.2) is 37.2 Å². The van der Waals surface area contributed by atoms with Gasteiger partial charge in [-0.2, -0.15) is 0 Å². The molecule has 0 rings (SSSR count). The van der Waals surface area contributed by atoms with Crippen LogP contribution in [0.1, 0.15) is 290 Å². The molecule has 6 heteroatoms. The van der Waals surface area contributed by atoms with E-state index in [0.717, 1.165) is 135 Å². The number of hydrogen-bond acceptors (Lipinski definition) is 6. The molecular weight excluding hydrogens is 1020 g/mol. The molecule has 0 aromatic carbocycles. The molecule has 0 saturated heterocycles. The molecule has 0 fully saturated rings. The van der Waals surface area contributed by atoms with Crippen LogP contribution in [-0.2, 0) is 28.6 Å². The first-order chi connectivity index (χ1) is 41.0. The van der Waals surface area contributed by atoms with E-state index in [-0.39, 0.29) is 37.5 Å². The molecule has 0 radical (unpaired) electrons. The number of carbonyl (C=O) groups excluding carboxylic acids is 3. The second-order valence-electron chi connectivity index (χ2n) is 22.0. The van der Waals surface area contributed by atoms with Gasteiger partial charge in [0.2, 0.25) is 0 Å². The molecule has 0 aliphatic carbocycles. The Morgan fingerprint density at radius 3 is 0.771 bits per heavy atom. The van der Waals surface area contributed by atoms with Crippen molar-refractivity contribution in [1.29, 1.82) is 0 Å². The second kappa shape index (κ2) is 69.5. The molecule has 0 heterocycles. The minimum Gasteiger partial charge on any atom is -0.462 e. The van der Waals surface area contributed by atoms with Gasteiger partial charge in [-0.15, -0.1) is 0 Å². The van der Waals surface area contributed by atoms with Crippen LogP contribution in [0.2, 0.25) is 0 Å². The Bertz CT molecular complexity index is 1840. The molecular formula is C77H124O6. The van der Waals surface area contributed by atoms with Crippen LogP contribution >= 0.6 is 0 Å². The molecule has 1 unspecified atom stereocenters. The van der Waals surface area contributed by atoms with Gasteiger partial charge in [0.05, 0.1) is 0 Å². The lowest BCUT2D eigenvalue weighted by atomic mass is 10.0. The van der Waals surface area contributed by atoms with Gasteiger partial charge in [0.25, 0.3) is 0 Å². The molecule has 0 saturated carbocycles. The van der Waals surface area contributed by atoms with Crippen molar-refractivity contribution in [2.24, 2.45) is 0 Å². The van der Waals surface area contributed by atoms with Crippen molar-refractivity contribution in [2.75, 3.05) is 13.2 Å². The Morgan fingerprint density at radius 1 is 0.253 bits per heavy atom. The van der Waals surface area contributed by atoms with Crippen molar-refractivity contribution in [1.82, 2.24) is 0 Å².